The van der Waals surface area contributed by atoms with E-state index in [4.69, 9.17) is 0 Å². The topological polar surface area (TPSA) is 49.0 Å². The summed E-state index contributed by atoms with van der Waals surface area (Å²) in [6.07, 6.45) is 2.87. The predicted octanol–water partition coefficient (Wildman–Crippen LogP) is 4.63. The van der Waals surface area contributed by atoms with Crippen LogP contribution in [0.3, 0.4) is 0 Å². The van der Waals surface area contributed by atoms with Crippen LogP contribution in [0.4, 0.5) is 8.78 Å². The van der Waals surface area contributed by atoms with Crippen LogP contribution in [0.5, 0.6) is 0 Å². The highest BCUT2D eigenvalue weighted by Gasteiger charge is 2.26. The third kappa shape index (κ3) is 3.63. The lowest BCUT2D eigenvalue weighted by Crippen LogP contribution is -2.40. The lowest BCUT2D eigenvalue weighted by molar-refractivity contribution is 0.0670. The third-order valence-electron chi connectivity index (χ3n) is 5.53. The summed E-state index contributed by atoms with van der Waals surface area (Å²) in [4.78, 5) is 22.6. The molecule has 1 aromatic heterocycles. The Morgan fingerprint density at radius 3 is 2.75 bits per heavy atom. The molecular formula is C22H23F2N3O. The molecule has 1 atom stereocenters. The number of fused-ring (bicyclic) bond motifs is 1. The number of H-pyrrole nitrogens is 1. The van der Waals surface area contributed by atoms with Crippen LogP contribution in [-0.4, -0.2) is 33.9 Å². The number of para-hydroxylation sites is 1. The zero-order chi connectivity index (χ0) is 19.7. The maximum absolute atomic E-state index is 13.9. The van der Waals surface area contributed by atoms with Crippen molar-refractivity contribution in [2.45, 2.75) is 32.6 Å². The predicted molar refractivity (Wildman–Crippen MR) is 104 cm³/mol. The first kappa shape index (κ1) is 18.6. The zero-order valence-electron chi connectivity index (χ0n) is 15.8. The van der Waals surface area contributed by atoms with Crippen molar-refractivity contribution in [1.29, 1.82) is 0 Å². The van der Waals surface area contributed by atoms with E-state index >= 15 is 0 Å². The van der Waals surface area contributed by atoms with Crippen LogP contribution in [0.25, 0.3) is 11.0 Å². The number of imidazole rings is 1. The van der Waals surface area contributed by atoms with Gasteiger partial charge in [0.05, 0.1) is 11.1 Å². The second kappa shape index (κ2) is 7.70. The van der Waals surface area contributed by atoms with Gasteiger partial charge in [-0.1, -0.05) is 12.1 Å². The van der Waals surface area contributed by atoms with Gasteiger partial charge >= 0.3 is 0 Å². The van der Waals surface area contributed by atoms with Gasteiger partial charge in [-0.05, 0) is 62.8 Å². The number of nitrogens with one attached hydrogen (secondary N) is 1. The molecule has 3 aromatic rings. The summed E-state index contributed by atoms with van der Waals surface area (Å²) < 4.78 is 27.7. The van der Waals surface area contributed by atoms with Gasteiger partial charge in [0.25, 0.3) is 5.91 Å². The summed E-state index contributed by atoms with van der Waals surface area (Å²) in [5.41, 5.74) is 2.29. The number of amides is 1. The molecule has 146 valence electrons. The first-order chi connectivity index (χ1) is 13.5. The minimum absolute atomic E-state index is 0.0288. The van der Waals surface area contributed by atoms with Gasteiger partial charge in [-0.25, -0.2) is 13.8 Å². The summed E-state index contributed by atoms with van der Waals surface area (Å²) >= 11 is 0. The Hall–Kier alpha value is -2.76. The number of nitrogens with zero attached hydrogens (tertiary/aromatic N) is 2. The van der Waals surface area contributed by atoms with Crippen molar-refractivity contribution in [3.8, 4) is 0 Å². The standard InChI is InChI=1S/C22H23F2N3O/c1-14-25-20-9-2-6-17(21(20)26-14)22(28)27-12-4-5-15(13-27)10-11-16-18(23)7-3-8-19(16)24/h2-3,6-9,15H,4-5,10-13H2,1H3,(H,25,26). The van der Waals surface area contributed by atoms with Crippen molar-refractivity contribution in [1.82, 2.24) is 14.9 Å². The van der Waals surface area contributed by atoms with Crippen molar-refractivity contribution in [2.24, 2.45) is 5.92 Å². The van der Waals surface area contributed by atoms with E-state index in [1.54, 1.807) is 0 Å². The molecule has 0 saturated carbocycles. The Morgan fingerprint density at radius 2 is 1.96 bits per heavy atom. The molecule has 4 rings (SSSR count). The molecule has 2 aromatic carbocycles. The molecule has 1 fully saturated rings. The van der Waals surface area contributed by atoms with E-state index < -0.39 is 11.6 Å². The molecule has 0 spiro atoms. The fraction of sp³-hybridized carbons (Fsp3) is 0.364. The van der Waals surface area contributed by atoms with Crippen LogP contribution >= 0.6 is 0 Å². The molecule has 4 nitrogen and oxygen atoms in total. The minimum atomic E-state index is -0.496. The molecule has 1 amide bonds. The summed E-state index contributed by atoms with van der Waals surface area (Å²) in [7, 11) is 0. The van der Waals surface area contributed by atoms with Crippen molar-refractivity contribution in [2.75, 3.05) is 13.1 Å². The third-order valence-corrected chi connectivity index (χ3v) is 5.53. The highest BCUT2D eigenvalue weighted by molar-refractivity contribution is 6.04. The molecule has 1 unspecified atom stereocenters. The van der Waals surface area contributed by atoms with Gasteiger partial charge in [0.15, 0.2) is 0 Å². The summed E-state index contributed by atoms with van der Waals surface area (Å²) in [5, 5.41) is 0. The number of rotatable bonds is 4. The first-order valence-electron chi connectivity index (χ1n) is 9.70. The summed E-state index contributed by atoms with van der Waals surface area (Å²) in [5.74, 6) is -0.0111. The van der Waals surface area contributed by atoms with Crippen molar-refractivity contribution in [3.63, 3.8) is 0 Å². The van der Waals surface area contributed by atoms with E-state index in [0.717, 1.165) is 24.2 Å². The van der Waals surface area contributed by atoms with E-state index in [0.29, 0.717) is 37.0 Å². The Labute approximate surface area is 162 Å². The molecule has 0 radical (unpaired) electrons. The van der Waals surface area contributed by atoms with E-state index in [2.05, 4.69) is 9.97 Å². The number of piperidine rings is 1. The lowest BCUT2D eigenvalue weighted by Gasteiger charge is -2.33. The van der Waals surface area contributed by atoms with Crippen LogP contribution < -0.4 is 0 Å². The number of hydrogen-bond donors (Lipinski definition) is 1. The number of carbonyl (C=O) groups is 1. The number of likely N-dealkylation sites (tertiary alicyclic amines) is 1. The van der Waals surface area contributed by atoms with Gasteiger partial charge in [0.2, 0.25) is 0 Å². The average molecular weight is 383 g/mol. The van der Waals surface area contributed by atoms with Gasteiger partial charge < -0.3 is 9.88 Å². The number of aromatic nitrogens is 2. The maximum Gasteiger partial charge on any atom is 0.256 e. The quantitative estimate of drug-likeness (QED) is 0.714. The largest absolute Gasteiger partial charge is 0.342 e. The minimum Gasteiger partial charge on any atom is -0.342 e. The Balaban J connectivity index is 1.47. The molecule has 2 heterocycles. The molecule has 1 N–H and O–H groups in total. The van der Waals surface area contributed by atoms with Crippen molar-refractivity contribution < 1.29 is 13.6 Å². The molecule has 6 heteroatoms. The second-order valence-electron chi connectivity index (χ2n) is 7.52. The monoisotopic (exact) mass is 383 g/mol. The van der Waals surface area contributed by atoms with Crippen LogP contribution in [0.2, 0.25) is 0 Å². The molecule has 0 aliphatic carbocycles. The van der Waals surface area contributed by atoms with E-state index in [1.165, 1.54) is 18.2 Å². The molecule has 1 saturated heterocycles. The molecule has 0 bridgehead atoms. The van der Waals surface area contributed by atoms with Crippen LogP contribution in [0.15, 0.2) is 36.4 Å². The van der Waals surface area contributed by atoms with E-state index in [1.807, 2.05) is 30.0 Å². The van der Waals surface area contributed by atoms with Crippen molar-refractivity contribution in [3.05, 3.63) is 65.0 Å². The Kier molecular flexibility index (Phi) is 5.11. The number of aromatic amines is 1. The molecule has 1 aliphatic heterocycles. The SMILES string of the molecule is Cc1nc2c(C(=O)N3CCCC(CCc4c(F)cccc4F)C3)cccc2[nH]1. The van der Waals surface area contributed by atoms with Gasteiger partial charge in [0, 0.05) is 18.7 Å². The van der Waals surface area contributed by atoms with Gasteiger partial charge in [0.1, 0.15) is 23.0 Å². The number of halogens is 2. The smallest absolute Gasteiger partial charge is 0.256 e. The van der Waals surface area contributed by atoms with Gasteiger partial charge in [-0.15, -0.1) is 0 Å². The highest BCUT2D eigenvalue weighted by atomic mass is 19.1. The highest BCUT2D eigenvalue weighted by Crippen LogP contribution is 2.26. The zero-order valence-corrected chi connectivity index (χ0v) is 15.8. The van der Waals surface area contributed by atoms with Gasteiger partial charge in [-0.3, -0.25) is 4.79 Å². The Morgan fingerprint density at radius 1 is 1.21 bits per heavy atom. The summed E-state index contributed by atoms with van der Waals surface area (Å²) in [6.45, 7) is 3.17. The average Bonchev–Trinajstić information content (AvgIpc) is 3.07. The van der Waals surface area contributed by atoms with Crippen molar-refractivity contribution >= 4 is 16.9 Å². The van der Waals surface area contributed by atoms with E-state index in [-0.39, 0.29) is 17.4 Å². The maximum atomic E-state index is 13.9. The van der Waals surface area contributed by atoms with Crippen LogP contribution in [0.1, 0.15) is 41.0 Å². The Bertz CT molecular complexity index is 994. The molecule has 1 aliphatic rings. The normalized spacial score (nSPS) is 17.2. The fourth-order valence-corrected chi connectivity index (χ4v) is 4.10. The number of hydrogen-bond acceptors (Lipinski definition) is 2. The van der Waals surface area contributed by atoms with Crippen LogP contribution in [-0.2, 0) is 6.42 Å². The van der Waals surface area contributed by atoms with E-state index in [9.17, 15) is 13.6 Å². The molecular weight excluding hydrogens is 360 g/mol. The second-order valence-corrected chi connectivity index (χ2v) is 7.52. The van der Waals surface area contributed by atoms with Gasteiger partial charge in [-0.2, -0.15) is 0 Å². The summed E-state index contributed by atoms with van der Waals surface area (Å²) in [6, 6.07) is 9.54. The lowest BCUT2D eigenvalue weighted by atomic mass is 9.91. The fourth-order valence-electron chi connectivity index (χ4n) is 4.10. The molecule has 28 heavy (non-hydrogen) atoms. The van der Waals surface area contributed by atoms with Crippen LogP contribution in [0, 0.1) is 24.5 Å². The first-order valence-corrected chi connectivity index (χ1v) is 9.70. The number of carbonyl (C=O) groups excluding carboxylic acids is 1. The number of aryl methyl sites for hydroxylation is 1. The number of benzene rings is 2.